The highest BCUT2D eigenvalue weighted by Crippen LogP contribution is 2.06. The van der Waals surface area contributed by atoms with Crippen molar-refractivity contribution >= 4 is 18.0 Å². The van der Waals surface area contributed by atoms with Crippen LogP contribution in [-0.2, 0) is 19.1 Å². The molecule has 7 heteroatoms. The molecule has 0 radical (unpaired) electrons. The molecule has 0 aromatic heterocycles. The van der Waals surface area contributed by atoms with Crippen molar-refractivity contribution in [1.82, 2.24) is 10.6 Å². The van der Waals surface area contributed by atoms with Crippen molar-refractivity contribution in [3.05, 3.63) is 0 Å². The molecule has 7 nitrogen and oxygen atoms in total. The molecule has 0 rings (SSSR count). The number of carbonyl (C=O) groups excluding carboxylic acids is 3. The summed E-state index contributed by atoms with van der Waals surface area (Å²) < 4.78 is 10.4. The van der Waals surface area contributed by atoms with Crippen LogP contribution >= 0.6 is 0 Å². The van der Waals surface area contributed by atoms with Gasteiger partial charge in [-0.1, -0.05) is 72.6 Å². The van der Waals surface area contributed by atoms with Gasteiger partial charge < -0.3 is 20.1 Å². The van der Waals surface area contributed by atoms with Crippen LogP contribution in [0.15, 0.2) is 0 Å². The van der Waals surface area contributed by atoms with Gasteiger partial charge in [0.15, 0.2) is 0 Å². The predicted octanol–water partition coefficient (Wildman–Crippen LogP) is 4.48. The molecule has 2 N–H and O–H groups in total. The van der Waals surface area contributed by atoms with Gasteiger partial charge in [0.1, 0.15) is 12.1 Å². The van der Waals surface area contributed by atoms with Gasteiger partial charge >= 0.3 is 12.1 Å². The topological polar surface area (TPSA) is 93.7 Å². The Morgan fingerprint density at radius 1 is 0.655 bits per heavy atom. The molecule has 0 aromatic carbocycles. The Morgan fingerprint density at radius 2 is 1.24 bits per heavy atom. The molecule has 2 amide bonds. The van der Waals surface area contributed by atoms with Crippen LogP contribution in [0.25, 0.3) is 0 Å². The van der Waals surface area contributed by atoms with Gasteiger partial charge in [-0.05, 0) is 25.7 Å². The maximum atomic E-state index is 12.6. The minimum absolute atomic E-state index is 0.325. The maximum absolute atomic E-state index is 12.6. The van der Waals surface area contributed by atoms with E-state index < -0.39 is 24.1 Å². The summed E-state index contributed by atoms with van der Waals surface area (Å²) >= 11 is 0. The number of unbranched alkanes of at least 4 members (excludes halogenated alkanes) is 5. The number of esters is 1. The summed E-state index contributed by atoms with van der Waals surface area (Å²) in [5.41, 5.74) is 0. The molecule has 0 saturated carbocycles. The normalized spacial score (nSPS) is 12.7. The monoisotopic (exact) mass is 414 g/mol. The minimum atomic E-state index is -0.727. The molecular weight excluding hydrogens is 372 g/mol. The van der Waals surface area contributed by atoms with E-state index in [1.807, 2.05) is 20.8 Å². The van der Waals surface area contributed by atoms with Crippen molar-refractivity contribution in [2.75, 3.05) is 13.2 Å². The van der Waals surface area contributed by atoms with E-state index in [0.717, 1.165) is 38.5 Å². The highest BCUT2D eigenvalue weighted by Gasteiger charge is 2.27. The maximum Gasteiger partial charge on any atom is 0.407 e. The van der Waals surface area contributed by atoms with Crippen LogP contribution in [0.5, 0.6) is 0 Å². The SMILES string of the molecule is CCCCCCCOC(=O)C(CCC)NC(=O)C(CCC)NC(=O)OCCCC. The number of hydrogen-bond donors (Lipinski definition) is 2. The third-order valence-corrected chi connectivity index (χ3v) is 4.59. The molecule has 0 fully saturated rings. The molecule has 29 heavy (non-hydrogen) atoms. The van der Waals surface area contributed by atoms with Crippen LogP contribution in [-0.4, -0.2) is 43.3 Å². The average molecular weight is 415 g/mol. The van der Waals surface area contributed by atoms with E-state index in [9.17, 15) is 14.4 Å². The van der Waals surface area contributed by atoms with Crippen molar-refractivity contribution in [2.24, 2.45) is 0 Å². The molecule has 0 aliphatic heterocycles. The second-order valence-electron chi connectivity index (χ2n) is 7.41. The number of hydrogen-bond acceptors (Lipinski definition) is 5. The van der Waals surface area contributed by atoms with Crippen LogP contribution in [0.2, 0.25) is 0 Å². The summed E-state index contributed by atoms with van der Waals surface area (Å²) in [6.07, 6.45) is 8.90. The molecule has 0 spiro atoms. The summed E-state index contributed by atoms with van der Waals surface area (Å²) in [4.78, 5) is 36.9. The lowest BCUT2D eigenvalue weighted by Crippen LogP contribution is -2.52. The largest absolute Gasteiger partial charge is 0.464 e. The first-order valence-corrected chi connectivity index (χ1v) is 11.4. The highest BCUT2D eigenvalue weighted by molar-refractivity contribution is 5.89. The van der Waals surface area contributed by atoms with E-state index in [1.54, 1.807) is 0 Å². The Balaban J connectivity index is 4.58. The Labute approximate surface area is 176 Å². The molecule has 0 aliphatic rings. The summed E-state index contributed by atoms with van der Waals surface area (Å²) in [5.74, 6) is -0.783. The molecule has 170 valence electrons. The first-order valence-electron chi connectivity index (χ1n) is 11.4. The van der Waals surface area contributed by atoms with Crippen LogP contribution in [0.3, 0.4) is 0 Å². The van der Waals surface area contributed by atoms with Crippen LogP contribution in [0.1, 0.15) is 98.3 Å². The number of nitrogens with one attached hydrogen (secondary N) is 2. The fraction of sp³-hybridized carbons (Fsp3) is 0.864. The molecular formula is C22H42N2O5. The lowest BCUT2D eigenvalue weighted by molar-refractivity contribution is -0.148. The summed E-state index contributed by atoms with van der Waals surface area (Å²) in [7, 11) is 0. The Kier molecular flexibility index (Phi) is 17.1. The minimum Gasteiger partial charge on any atom is -0.464 e. The van der Waals surface area contributed by atoms with Gasteiger partial charge in [0.2, 0.25) is 5.91 Å². The molecule has 0 saturated heterocycles. The van der Waals surface area contributed by atoms with E-state index in [2.05, 4.69) is 17.6 Å². The van der Waals surface area contributed by atoms with E-state index in [4.69, 9.17) is 9.47 Å². The standard InChI is InChI=1S/C22H42N2O5/c1-5-9-11-12-13-17-28-21(26)19(15-8-4)23-20(25)18(14-7-3)24-22(27)29-16-10-6-2/h18-19H,5-17H2,1-4H3,(H,23,25)(H,24,27). The first kappa shape index (κ1) is 27.2. The number of alkyl carbamates (subject to hydrolysis) is 1. The fourth-order valence-corrected chi connectivity index (χ4v) is 2.84. The first-order chi connectivity index (χ1) is 14.0. The zero-order valence-electron chi connectivity index (χ0n) is 18.9. The predicted molar refractivity (Wildman–Crippen MR) is 115 cm³/mol. The second kappa shape index (κ2) is 18.3. The highest BCUT2D eigenvalue weighted by atomic mass is 16.5. The summed E-state index contributed by atoms with van der Waals surface area (Å²) in [6.45, 7) is 8.74. The summed E-state index contributed by atoms with van der Waals surface area (Å²) in [5, 5.41) is 5.36. The fourth-order valence-electron chi connectivity index (χ4n) is 2.84. The third kappa shape index (κ3) is 13.9. The Hall–Kier alpha value is -1.79. The van der Waals surface area contributed by atoms with Crippen molar-refractivity contribution in [3.8, 4) is 0 Å². The van der Waals surface area contributed by atoms with Gasteiger partial charge in [-0.15, -0.1) is 0 Å². The smallest absolute Gasteiger partial charge is 0.407 e. The molecule has 0 aromatic rings. The number of carbonyl (C=O) groups is 3. The van der Waals surface area contributed by atoms with Gasteiger partial charge in [0, 0.05) is 0 Å². The average Bonchev–Trinajstić information content (AvgIpc) is 2.69. The molecule has 2 unspecified atom stereocenters. The molecule has 0 heterocycles. The van der Waals surface area contributed by atoms with Crippen molar-refractivity contribution < 1.29 is 23.9 Å². The van der Waals surface area contributed by atoms with Gasteiger partial charge in [-0.2, -0.15) is 0 Å². The van der Waals surface area contributed by atoms with Gasteiger partial charge in [-0.25, -0.2) is 9.59 Å². The van der Waals surface area contributed by atoms with E-state index >= 15 is 0 Å². The van der Waals surface area contributed by atoms with E-state index in [1.165, 1.54) is 12.8 Å². The van der Waals surface area contributed by atoms with E-state index in [-0.39, 0.29) is 5.91 Å². The third-order valence-electron chi connectivity index (χ3n) is 4.59. The van der Waals surface area contributed by atoms with Crippen molar-refractivity contribution in [1.29, 1.82) is 0 Å². The zero-order chi connectivity index (χ0) is 21.9. The summed E-state index contributed by atoms with van der Waals surface area (Å²) in [6, 6.07) is -1.42. The molecule has 0 aliphatic carbocycles. The van der Waals surface area contributed by atoms with Gasteiger partial charge in [0.25, 0.3) is 0 Å². The lowest BCUT2D eigenvalue weighted by Gasteiger charge is -2.22. The Bertz CT molecular complexity index is 456. The van der Waals surface area contributed by atoms with Crippen molar-refractivity contribution in [3.63, 3.8) is 0 Å². The molecule has 0 bridgehead atoms. The second-order valence-corrected chi connectivity index (χ2v) is 7.41. The van der Waals surface area contributed by atoms with Crippen molar-refractivity contribution in [2.45, 2.75) is 110 Å². The van der Waals surface area contributed by atoms with Crippen LogP contribution in [0.4, 0.5) is 4.79 Å². The van der Waals surface area contributed by atoms with Gasteiger partial charge in [0.05, 0.1) is 13.2 Å². The van der Waals surface area contributed by atoms with E-state index in [0.29, 0.717) is 32.5 Å². The quantitative estimate of drug-likeness (QED) is 0.270. The van der Waals surface area contributed by atoms with Crippen LogP contribution < -0.4 is 10.6 Å². The zero-order valence-corrected chi connectivity index (χ0v) is 18.9. The van der Waals surface area contributed by atoms with Gasteiger partial charge in [-0.3, -0.25) is 4.79 Å². The lowest BCUT2D eigenvalue weighted by atomic mass is 10.1. The number of amides is 2. The van der Waals surface area contributed by atoms with Crippen LogP contribution in [0, 0.1) is 0 Å². The molecule has 2 atom stereocenters. The Morgan fingerprint density at radius 3 is 1.86 bits per heavy atom. The number of ether oxygens (including phenoxy) is 2. The number of rotatable bonds is 17.